The smallest absolute Gasteiger partial charge is 0.326 e. The van der Waals surface area contributed by atoms with Crippen molar-refractivity contribution in [1.82, 2.24) is 0 Å². The van der Waals surface area contributed by atoms with E-state index in [1.807, 2.05) is 30.3 Å². The van der Waals surface area contributed by atoms with Crippen LogP contribution in [-0.2, 0) is 33.6 Å². The summed E-state index contributed by atoms with van der Waals surface area (Å²) in [6, 6.07) is 19.9. The number of aromatic hydroxyl groups is 1. The first-order valence-electron chi connectivity index (χ1n) is 11.4. The molecule has 0 fully saturated rings. The van der Waals surface area contributed by atoms with Crippen LogP contribution in [0.15, 0.2) is 78.9 Å². The highest BCUT2D eigenvalue weighted by Gasteiger charge is 2.18. The summed E-state index contributed by atoms with van der Waals surface area (Å²) in [5.74, 6) is -2.90. The molecule has 3 atom stereocenters. The van der Waals surface area contributed by atoms with Crippen LogP contribution in [0, 0.1) is 0 Å². The Morgan fingerprint density at radius 1 is 0.622 bits per heavy atom. The lowest BCUT2D eigenvalue weighted by atomic mass is 10.0. The summed E-state index contributed by atoms with van der Waals surface area (Å²) in [4.78, 5) is 32.6. The largest absolute Gasteiger partial charge is 0.508 e. The Kier molecular flexibility index (Phi) is 11.1. The normalized spacial score (nSPS) is 12.8. The maximum absolute atomic E-state index is 11.5. The van der Waals surface area contributed by atoms with Crippen LogP contribution in [0.5, 0.6) is 5.75 Å². The number of phenolic OH excluding ortho intramolecular Hbond substituents is 1. The summed E-state index contributed by atoms with van der Waals surface area (Å²) in [6.45, 7) is 0. The SMILES string of the molecule is N[C@@H](Cc1ccc(N[C@@H](Cc2ccc(O)cc2)C(=O)O)cc1)C(=O)O.N[C@@H](Cc1ccccc1)C(=O)O. The molecule has 0 spiro atoms. The first kappa shape index (κ1) is 28.8. The van der Waals surface area contributed by atoms with E-state index >= 15 is 0 Å². The number of carboxylic acids is 3. The molecule has 0 heterocycles. The minimum absolute atomic E-state index is 0.124. The van der Waals surface area contributed by atoms with Gasteiger partial charge in [-0.1, -0.05) is 54.6 Å². The maximum Gasteiger partial charge on any atom is 0.326 e. The monoisotopic (exact) mass is 509 g/mol. The number of aliphatic carboxylic acids is 3. The number of nitrogens with two attached hydrogens (primary N) is 2. The standard InChI is InChI=1S/C18H20N2O5.C9H11NO2/c19-15(17(22)23)9-11-1-5-13(6-2-11)20-16(18(24)25)10-12-3-7-14(21)8-4-12;10-8(9(11)12)6-7-4-2-1-3-5-7/h1-8,15-16,20-21H,9-10,19H2,(H,22,23)(H,24,25);1-5,8H,6,10H2,(H,11,12)/t15-,16-;8-/m00/s1. The van der Waals surface area contributed by atoms with E-state index in [-0.39, 0.29) is 18.6 Å². The van der Waals surface area contributed by atoms with Crippen LogP contribution in [0.1, 0.15) is 16.7 Å². The molecule has 0 saturated carbocycles. The van der Waals surface area contributed by atoms with Crippen LogP contribution >= 0.6 is 0 Å². The zero-order chi connectivity index (χ0) is 27.4. The molecule has 3 aromatic rings. The van der Waals surface area contributed by atoms with Gasteiger partial charge in [0.05, 0.1) is 0 Å². The first-order chi connectivity index (χ1) is 17.5. The van der Waals surface area contributed by atoms with Crippen molar-refractivity contribution < 1.29 is 34.8 Å². The quantitative estimate of drug-likeness (QED) is 0.201. The Labute approximate surface area is 214 Å². The molecule has 0 aliphatic heterocycles. The Bertz CT molecular complexity index is 1150. The lowest BCUT2D eigenvalue weighted by molar-refractivity contribution is -0.139. The second-order valence-corrected chi connectivity index (χ2v) is 8.39. The molecule has 0 aromatic heterocycles. The third kappa shape index (κ3) is 10.4. The zero-order valence-electron chi connectivity index (χ0n) is 20.0. The minimum Gasteiger partial charge on any atom is -0.508 e. The topological polar surface area (TPSA) is 196 Å². The van der Waals surface area contributed by atoms with Gasteiger partial charge in [-0.05, 0) is 53.8 Å². The fourth-order valence-corrected chi connectivity index (χ4v) is 3.30. The number of anilines is 1. The number of phenols is 1. The van der Waals surface area contributed by atoms with Crippen molar-refractivity contribution in [2.75, 3.05) is 5.32 Å². The molecule has 3 aromatic carbocycles. The average Bonchev–Trinajstić information content (AvgIpc) is 2.86. The van der Waals surface area contributed by atoms with E-state index in [1.54, 1.807) is 36.4 Å². The predicted octanol–water partition coefficient (Wildman–Crippen LogP) is 2.10. The zero-order valence-corrected chi connectivity index (χ0v) is 20.0. The second-order valence-electron chi connectivity index (χ2n) is 8.39. The van der Waals surface area contributed by atoms with Crippen molar-refractivity contribution >= 4 is 23.6 Å². The number of carbonyl (C=O) groups is 3. The molecule has 0 amide bonds. The van der Waals surface area contributed by atoms with Crippen molar-refractivity contribution in [2.45, 2.75) is 37.4 Å². The minimum atomic E-state index is -1.07. The molecule has 9 N–H and O–H groups in total. The molecule has 3 rings (SSSR count). The van der Waals surface area contributed by atoms with Gasteiger partial charge >= 0.3 is 17.9 Å². The van der Waals surface area contributed by atoms with Crippen molar-refractivity contribution in [3.8, 4) is 5.75 Å². The number of carboxylic acid groups (broad SMARTS) is 3. The molecular weight excluding hydrogens is 478 g/mol. The van der Waals surface area contributed by atoms with E-state index in [4.69, 9.17) is 21.7 Å². The van der Waals surface area contributed by atoms with Gasteiger partial charge in [-0.3, -0.25) is 9.59 Å². The molecule has 0 aliphatic carbocycles. The number of hydrogen-bond donors (Lipinski definition) is 7. The molecule has 0 bridgehead atoms. The van der Waals surface area contributed by atoms with E-state index in [1.165, 1.54) is 12.1 Å². The van der Waals surface area contributed by atoms with E-state index in [2.05, 4.69) is 5.32 Å². The Balaban J connectivity index is 0.000000335. The molecular formula is C27H31N3O7. The number of rotatable bonds is 11. The maximum atomic E-state index is 11.5. The Morgan fingerprint density at radius 3 is 1.51 bits per heavy atom. The fraction of sp³-hybridized carbons (Fsp3) is 0.222. The highest BCUT2D eigenvalue weighted by atomic mass is 16.4. The van der Waals surface area contributed by atoms with Crippen molar-refractivity contribution in [3.63, 3.8) is 0 Å². The summed E-state index contributed by atoms with van der Waals surface area (Å²) >= 11 is 0. The summed E-state index contributed by atoms with van der Waals surface area (Å²) < 4.78 is 0. The molecule has 0 saturated heterocycles. The van der Waals surface area contributed by atoms with Gasteiger partial charge in [-0.2, -0.15) is 0 Å². The number of hydrogen-bond acceptors (Lipinski definition) is 7. The molecule has 0 unspecified atom stereocenters. The van der Waals surface area contributed by atoms with Crippen LogP contribution in [0.4, 0.5) is 5.69 Å². The first-order valence-corrected chi connectivity index (χ1v) is 11.4. The summed E-state index contributed by atoms with van der Waals surface area (Å²) in [7, 11) is 0. The second kappa shape index (κ2) is 14.2. The molecule has 0 radical (unpaired) electrons. The summed E-state index contributed by atoms with van der Waals surface area (Å²) in [5.41, 5.74) is 13.9. The molecule has 0 aliphatic rings. The Hall–Kier alpha value is -4.41. The predicted molar refractivity (Wildman–Crippen MR) is 138 cm³/mol. The van der Waals surface area contributed by atoms with Crippen LogP contribution < -0.4 is 16.8 Å². The van der Waals surface area contributed by atoms with E-state index in [0.29, 0.717) is 12.1 Å². The van der Waals surface area contributed by atoms with E-state index in [9.17, 15) is 24.6 Å². The fourth-order valence-electron chi connectivity index (χ4n) is 3.30. The Morgan fingerprint density at radius 2 is 1.05 bits per heavy atom. The van der Waals surface area contributed by atoms with Crippen LogP contribution in [0.3, 0.4) is 0 Å². The number of nitrogens with one attached hydrogen (secondary N) is 1. The van der Waals surface area contributed by atoms with Crippen LogP contribution in [0.25, 0.3) is 0 Å². The van der Waals surface area contributed by atoms with Gasteiger partial charge in [-0.15, -0.1) is 0 Å². The third-order valence-electron chi connectivity index (χ3n) is 5.36. The molecule has 196 valence electrons. The van der Waals surface area contributed by atoms with Gasteiger partial charge in [0.1, 0.15) is 23.9 Å². The molecule has 10 heteroatoms. The highest BCUT2D eigenvalue weighted by Crippen LogP contribution is 2.16. The van der Waals surface area contributed by atoms with Crippen LogP contribution in [-0.4, -0.2) is 56.5 Å². The summed E-state index contributed by atoms with van der Waals surface area (Å²) in [5, 5.41) is 38.9. The van der Waals surface area contributed by atoms with Crippen molar-refractivity contribution in [3.05, 3.63) is 95.6 Å². The van der Waals surface area contributed by atoms with Crippen molar-refractivity contribution in [2.24, 2.45) is 11.5 Å². The van der Waals surface area contributed by atoms with Gasteiger partial charge in [-0.25, -0.2) is 4.79 Å². The molecule has 10 nitrogen and oxygen atoms in total. The van der Waals surface area contributed by atoms with Gasteiger partial charge in [0.25, 0.3) is 0 Å². The van der Waals surface area contributed by atoms with Crippen LogP contribution in [0.2, 0.25) is 0 Å². The van der Waals surface area contributed by atoms with Gasteiger partial charge in [0.15, 0.2) is 0 Å². The van der Waals surface area contributed by atoms with E-state index in [0.717, 1.165) is 16.7 Å². The lowest BCUT2D eigenvalue weighted by Crippen LogP contribution is -2.32. The van der Waals surface area contributed by atoms with Gasteiger partial charge < -0.3 is 37.2 Å². The van der Waals surface area contributed by atoms with Crippen molar-refractivity contribution in [1.29, 1.82) is 0 Å². The third-order valence-corrected chi connectivity index (χ3v) is 5.36. The number of benzene rings is 3. The van der Waals surface area contributed by atoms with Gasteiger partial charge in [0.2, 0.25) is 0 Å². The highest BCUT2D eigenvalue weighted by molar-refractivity contribution is 5.78. The summed E-state index contributed by atoms with van der Waals surface area (Å²) in [6.07, 6.45) is 0.836. The molecule has 37 heavy (non-hydrogen) atoms. The van der Waals surface area contributed by atoms with E-state index < -0.39 is 36.0 Å². The average molecular weight is 510 g/mol. The van der Waals surface area contributed by atoms with Gasteiger partial charge in [0, 0.05) is 12.1 Å². The lowest BCUT2D eigenvalue weighted by Gasteiger charge is -2.16.